The van der Waals surface area contributed by atoms with Crippen LogP contribution in [0.4, 0.5) is 0 Å². The molecule has 0 atom stereocenters. The van der Waals surface area contributed by atoms with Gasteiger partial charge in [0, 0.05) is 12.2 Å². The van der Waals surface area contributed by atoms with Gasteiger partial charge in [-0.05, 0) is 62.3 Å². The minimum Gasteiger partial charge on any atom is -0.388 e. The number of hydrogen-bond acceptors (Lipinski definition) is 1. The van der Waals surface area contributed by atoms with Crippen molar-refractivity contribution in [3.8, 4) is 0 Å². The molecule has 0 saturated heterocycles. The van der Waals surface area contributed by atoms with E-state index >= 15 is 0 Å². The van der Waals surface area contributed by atoms with Crippen LogP contribution in [-0.2, 0) is 12.8 Å². The molecule has 1 nitrogen and oxygen atoms in total. The van der Waals surface area contributed by atoms with Crippen LogP contribution < -0.4 is 5.32 Å². The molecule has 22 heavy (non-hydrogen) atoms. The molecule has 0 amide bonds. The summed E-state index contributed by atoms with van der Waals surface area (Å²) in [5.74, 6) is 0. The maximum absolute atomic E-state index is 4.14. The molecule has 0 spiro atoms. The Morgan fingerprint density at radius 3 is 2.23 bits per heavy atom. The van der Waals surface area contributed by atoms with Gasteiger partial charge in [-0.15, -0.1) is 0 Å². The third kappa shape index (κ3) is 5.07. The van der Waals surface area contributed by atoms with Crippen molar-refractivity contribution in [2.45, 2.75) is 40.0 Å². The van der Waals surface area contributed by atoms with E-state index in [2.05, 4.69) is 75.1 Å². The van der Waals surface area contributed by atoms with E-state index in [0.717, 1.165) is 31.5 Å². The first kappa shape index (κ1) is 16.4. The van der Waals surface area contributed by atoms with Crippen LogP contribution >= 0.6 is 0 Å². The van der Waals surface area contributed by atoms with Crippen molar-refractivity contribution in [1.29, 1.82) is 0 Å². The van der Waals surface area contributed by atoms with Gasteiger partial charge < -0.3 is 5.32 Å². The number of rotatable bonds is 7. The topological polar surface area (TPSA) is 12.0 Å². The van der Waals surface area contributed by atoms with E-state index in [-0.39, 0.29) is 0 Å². The number of benzene rings is 2. The lowest BCUT2D eigenvalue weighted by molar-refractivity contribution is 0.738. The van der Waals surface area contributed by atoms with Gasteiger partial charge in [-0.1, -0.05) is 54.6 Å². The summed E-state index contributed by atoms with van der Waals surface area (Å²) in [5, 5.41) is 3.45. The lowest BCUT2D eigenvalue weighted by Gasteiger charge is -2.11. The highest BCUT2D eigenvalue weighted by atomic mass is 14.9. The lowest BCUT2D eigenvalue weighted by Crippen LogP contribution is -2.16. The second-order valence-electron chi connectivity index (χ2n) is 6.18. The number of aryl methyl sites for hydroxylation is 4. The van der Waals surface area contributed by atoms with Crippen molar-refractivity contribution in [2.24, 2.45) is 0 Å². The van der Waals surface area contributed by atoms with Crippen LogP contribution in [0.1, 0.15) is 34.2 Å². The average Bonchev–Trinajstić information content (AvgIpc) is 2.50. The lowest BCUT2D eigenvalue weighted by atomic mass is 10.0. The van der Waals surface area contributed by atoms with Crippen molar-refractivity contribution in [3.05, 3.63) is 82.6 Å². The van der Waals surface area contributed by atoms with Gasteiger partial charge in [0.1, 0.15) is 0 Å². The summed E-state index contributed by atoms with van der Waals surface area (Å²) in [6, 6.07) is 15.5. The Morgan fingerprint density at radius 1 is 0.864 bits per heavy atom. The Bertz CT molecular complexity index is 623. The fraction of sp³-hybridized carbons (Fsp3) is 0.333. The Kier molecular flexibility index (Phi) is 5.83. The Morgan fingerprint density at radius 2 is 1.55 bits per heavy atom. The van der Waals surface area contributed by atoms with Gasteiger partial charge in [0.2, 0.25) is 0 Å². The SMILES string of the molecule is C=C(CCc1ccc(C)cc1)NCCc1ccc(C)c(C)c1. The van der Waals surface area contributed by atoms with Crippen molar-refractivity contribution in [3.63, 3.8) is 0 Å². The molecule has 1 N–H and O–H groups in total. The van der Waals surface area contributed by atoms with Crippen LogP contribution in [0.5, 0.6) is 0 Å². The summed E-state index contributed by atoms with van der Waals surface area (Å²) in [6.07, 6.45) is 3.09. The molecule has 0 aromatic heterocycles. The zero-order valence-corrected chi connectivity index (χ0v) is 14.1. The molecular weight excluding hydrogens is 266 g/mol. The third-order valence-electron chi connectivity index (χ3n) is 4.20. The molecule has 0 bridgehead atoms. The molecule has 1 heteroatoms. The molecular formula is C21H27N. The van der Waals surface area contributed by atoms with E-state index < -0.39 is 0 Å². The summed E-state index contributed by atoms with van der Waals surface area (Å²) >= 11 is 0. The van der Waals surface area contributed by atoms with Crippen LogP contribution in [0, 0.1) is 20.8 Å². The third-order valence-corrected chi connectivity index (χ3v) is 4.20. The molecule has 0 radical (unpaired) electrons. The van der Waals surface area contributed by atoms with Crippen molar-refractivity contribution < 1.29 is 0 Å². The van der Waals surface area contributed by atoms with E-state index in [4.69, 9.17) is 0 Å². The van der Waals surface area contributed by atoms with E-state index in [9.17, 15) is 0 Å². The number of nitrogens with one attached hydrogen (secondary N) is 1. The molecule has 0 unspecified atom stereocenters. The van der Waals surface area contributed by atoms with Gasteiger partial charge in [0.05, 0.1) is 0 Å². The van der Waals surface area contributed by atoms with Crippen LogP contribution in [0.3, 0.4) is 0 Å². The van der Waals surface area contributed by atoms with Crippen LogP contribution in [0.2, 0.25) is 0 Å². The van der Waals surface area contributed by atoms with Gasteiger partial charge in [-0.25, -0.2) is 0 Å². The number of hydrogen-bond donors (Lipinski definition) is 1. The zero-order chi connectivity index (χ0) is 15.9. The predicted octanol–water partition coefficient (Wildman–Crippen LogP) is 4.89. The highest BCUT2D eigenvalue weighted by Gasteiger charge is 1.99. The Balaban J connectivity index is 1.71. The summed E-state index contributed by atoms with van der Waals surface area (Å²) in [4.78, 5) is 0. The molecule has 0 heterocycles. The summed E-state index contributed by atoms with van der Waals surface area (Å²) in [6.45, 7) is 11.5. The molecule has 0 aliphatic rings. The van der Waals surface area contributed by atoms with Gasteiger partial charge in [0.15, 0.2) is 0 Å². The van der Waals surface area contributed by atoms with Crippen molar-refractivity contribution in [2.75, 3.05) is 6.54 Å². The van der Waals surface area contributed by atoms with Gasteiger partial charge >= 0.3 is 0 Å². The Labute approximate surface area is 135 Å². The zero-order valence-electron chi connectivity index (χ0n) is 14.1. The monoisotopic (exact) mass is 293 g/mol. The highest BCUT2D eigenvalue weighted by molar-refractivity contribution is 5.30. The Hall–Kier alpha value is -2.02. The van der Waals surface area contributed by atoms with E-state index in [1.54, 1.807) is 0 Å². The molecule has 0 fully saturated rings. The molecule has 2 rings (SSSR count). The van der Waals surface area contributed by atoms with E-state index in [1.807, 2.05) is 0 Å². The van der Waals surface area contributed by atoms with Crippen LogP contribution in [-0.4, -0.2) is 6.54 Å². The fourth-order valence-electron chi connectivity index (χ4n) is 2.48. The van der Waals surface area contributed by atoms with E-state index in [0.29, 0.717) is 0 Å². The molecule has 0 aliphatic carbocycles. The minimum atomic E-state index is 0.954. The van der Waals surface area contributed by atoms with Gasteiger partial charge in [-0.3, -0.25) is 0 Å². The highest BCUT2D eigenvalue weighted by Crippen LogP contribution is 2.11. The quantitative estimate of drug-likeness (QED) is 0.766. The fourth-order valence-corrected chi connectivity index (χ4v) is 2.48. The summed E-state index contributed by atoms with van der Waals surface area (Å²) in [5.41, 5.74) is 7.94. The number of allylic oxidation sites excluding steroid dienone is 1. The van der Waals surface area contributed by atoms with Crippen LogP contribution in [0.15, 0.2) is 54.7 Å². The summed E-state index contributed by atoms with van der Waals surface area (Å²) < 4.78 is 0. The maximum Gasteiger partial charge on any atom is 0.0184 e. The standard InChI is InChI=1S/C21H27N/c1-16-5-9-20(10-6-16)12-8-19(4)22-14-13-21-11-7-17(2)18(3)15-21/h5-7,9-11,15,22H,4,8,12-14H2,1-3H3. The first-order valence-corrected chi connectivity index (χ1v) is 8.08. The van der Waals surface area contributed by atoms with Crippen molar-refractivity contribution >= 4 is 0 Å². The predicted molar refractivity (Wildman–Crippen MR) is 96.3 cm³/mol. The summed E-state index contributed by atoms with van der Waals surface area (Å²) in [7, 11) is 0. The van der Waals surface area contributed by atoms with Crippen molar-refractivity contribution in [1.82, 2.24) is 5.32 Å². The molecule has 116 valence electrons. The molecule has 0 aliphatic heterocycles. The maximum atomic E-state index is 4.14. The average molecular weight is 293 g/mol. The molecule has 2 aromatic rings. The van der Waals surface area contributed by atoms with Gasteiger partial charge in [0.25, 0.3) is 0 Å². The molecule has 2 aromatic carbocycles. The smallest absolute Gasteiger partial charge is 0.0184 e. The second-order valence-corrected chi connectivity index (χ2v) is 6.18. The molecule has 0 saturated carbocycles. The van der Waals surface area contributed by atoms with Gasteiger partial charge in [-0.2, -0.15) is 0 Å². The normalized spacial score (nSPS) is 10.5. The van der Waals surface area contributed by atoms with E-state index in [1.165, 1.54) is 27.8 Å². The minimum absolute atomic E-state index is 0.954. The largest absolute Gasteiger partial charge is 0.388 e. The second kappa shape index (κ2) is 7.84. The van der Waals surface area contributed by atoms with Crippen LogP contribution in [0.25, 0.3) is 0 Å². The first-order valence-electron chi connectivity index (χ1n) is 8.08. The first-order chi connectivity index (χ1) is 10.5.